The standard InChI is InChI=1S/C19H14F3N3O3S/c20-19(21,22)14-8-4-7-13(11-14)17(26)23-9-10-28-18(27)16-15(24-25-29-16)12-5-2-1-3-6-12/h1-8,11H,9-10H2,(H,23,26). The first-order valence-electron chi connectivity index (χ1n) is 8.36. The Labute approximate surface area is 167 Å². The van der Waals surface area contributed by atoms with Crippen LogP contribution in [0.15, 0.2) is 54.6 Å². The Kier molecular flexibility index (Phi) is 6.23. The Bertz CT molecular complexity index is 1010. The number of carbonyl (C=O) groups is 2. The number of halogens is 3. The molecule has 0 aliphatic rings. The topological polar surface area (TPSA) is 81.2 Å². The summed E-state index contributed by atoms with van der Waals surface area (Å²) in [5, 5.41) is 6.35. The maximum absolute atomic E-state index is 12.7. The summed E-state index contributed by atoms with van der Waals surface area (Å²) in [6.07, 6.45) is -4.54. The molecule has 0 radical (unpaired) electrons. The number of alkyl halides is 3. The molecule has 0 unspecified atom stereocenters. The van der Waals surface area contributed by atoms with E-state index in [4.69, 9.17) is 4.74 Å². The predicted octanol–water partition coefficient (Wildman–Crippen LogP) is 3.81. The fraction of sp³-hybridized carbons (Fsp3) is 0.158. The molecule has 2 aromatic carbocycles. The molecule has 3 aromatic rings. The van der Waals surface area contributed by atoms with E-state index in [2.05, 4.69) is 14.9 Å². The van der Waals surface area contributed by atoms with Crippen molar-refractivity contribution in [1.82, 2.24) is 14.9 Å². The lowest BCUT2D eigenvalue weighted by atomic mass is 10.1. The van der Waals surface area contributed by atoms with E-state index in [-0.39, 0.29) is 23.6 Å². The monoisotopic (exact) mass is 421 g/mol. The highest BCUT2D eigenvalue weighted by molar-refractivity contribution is 7.08. The molecule has 0 spiro atoms. The minimum Gasteiger partial charge on any atom is -0.460 e. The number of benzene rings is 2. The van der Waals surface area contributed by atoms with Crippen LogP contribution in [0.5, 0.6) is 0 Å². The maximum atomic E-state index is 12.7. The summed E-state index contributed by atoms with van der Waals surface area (Å²) in [5.41, 5.74) is 0.0616. The van der Waals surface area contributed by atoms with Gasteiger partial charge in [-0.3, -0.25) is 4.79 Å². The molecule has 10 heteroatoms. The lowest BCUT2D eigenvalue weighted by Gasteiger charge is -2.09. The minimum atomic E-state index is -4.54. The van der Waals surface area contributed by atoms with Crippen LogP contribution in [0.3, 0.4) is 0 Å². The number of nitrogens with one attached hydrogen (secondary N) is 1. The van der Waals surface area contributed by atoms with Gasteiger partial charge in [0.25, 0.3) is 5.91 Å². The summed E-state index contributed by atoms with van der Waals surface area (Å²) in [5.74, 6) is -1.34. The van der Waals surface area contributed by atoms with Crippen molar-refractivity contribution in [2.24, 2.45) is 0 Å². The van der Waals surface area contributed by atoms with E-state index >= 15 is 0 Å². The van der Waals surface area contributed by atoms with Crippen LogP contribution in [-0.2, 0) is 10.9 Å². The highest BCUT2D eigenvalue weighted by Gasteiger charge is 2.30. The van der Waals surface area contributed by atoms with E-state index in [0.717, 1.165) is 29.7 Å². The maximum Gasteiger partial charge on any atom is 0.416 e. The van der Waals surface area contributed by atoms with Crippen molar-refractivity contribution in [2.75, 3.05) is 13.2 Å². The molecule has 0 aliphatic carbocycles. The number of hydrogen-bond acceptors (Lipinski definition) is 6. The lowest BCUT2D eigenvalue weighted by Crippen LogP contribution is -2.28. The van der Waals surface area contributed by atoms with Crippen molar-refractivity contribution in [3.05, 3.63) is 70.6 Å². The van der Waals surface area contributed by atoms with E-state index in [1.54, 1.807) is 24.3 Å². The molecule has 29 heavy (non-hydrogen) atoms. The Morgan fingerprint density at radius 2 is 1.83 bits per heavy atom. The Morgan fingerprint density at radius 3 is 2.55 bits per heavy atom. The zero-order valence-electron chi connectivity index (χ0n) is 14.8. The van der Waals surface area contributed by atoms with Crippen LogP contribution >= 0.6 is 11.5 Å². The molecule has 0 bridgehead atoms. The van der Waals surface area contributed by atoms with Crippen LogP contribution in [0.2, 0.25) is 0 Å². The number of amides is 1. The van der Waals surface area contributed by atoms with E-state index in [0.29, 0.717) is 11.3 Å². The van der Waals surface area contributed by atoms with Crippen LogP contribution in [0.25, 0.3) is 11.3 Å². The molecule has 1 heterocycles. The van der Waals surface area contributed by atoms with Crippen LogP contribution in [0, 0.1) is 0 Å². The predicted molar refractivity (Wildman–Crippen MR) is 99.4 cm³/mol. The first-order valence-corrected chi connectivity index (χ1v) is 9.14. The molecular weight excluding hydrogens is 407 g/mol. The zero-order valence-corrected chi connectivity index (χ0v) is 15.6. The number of carbonyl (C=O) groups excluding carboxylic acids is 2. The van der Waals surface area contributed by atoms with Crippen LogP contribution < -0.4 is 5.32 Å². The second-order valence-corrected chi connectivity index (χ2v) is 6.54. The third kappa shape index (κ3) is 5.17. The third-order valence-electron chi connectivity index (χ3n) is 3.79. The number of hydrogen-bond donors (Lipinski definition) is 1. The van der Waals surface area contributed by atoms with Gasteiger partial charge in [0.2, 0.25) is 0 Å². The van der Waals surface area contributed by atoms with Crippen molar-refractivity contribution in [3.8, 4) is 11.3 Å². The second-order valence-electron chi connectivity index (χ2n) is 5.79. The van der Waals surface area contributed by atoms with Gasteiger partial charge in [0.05, 0.1) is 12.1 Å². The first-order chi connectivity index (χ1) is 13.9. The quantitative estimate of drug-likeness (QED) is 0.484. The normalized spacial score (nSPS) is 11.1. The van der Waals surface area contributed by atoms with Crippen LogP contribution in [0.1, 0.15) is 25.6 Å². The lowest BCUT2D eigenvalue weighted by molar-refractivity contribution is -0.137. The van der Waals surface area contributed by atoms with Crippen molar-refractivity contribution in [2.45, 2.75) is 6.18 Å². The third-order valence-corrected chi connectivity index (χ3v) is 4.50. The Balaban J connectivity index is 1.53. The van der Waals surface area contributed by atoms with Gasteiger partial charge < -0.3 is 10.1 Å². The highest BCUT2D eigenvalue weighted by atomic mass is 32.1. The molecule has 0 saturated heterocycles. The van der Waals surface area contributed by atoms with Gasteiger partial charge >= 0.3 is 12.1 Å². The summed E-state index contributed by atoms with van der Waals surface area (Å²) >= 11 is 0.888. The summed E-state index contributed by atoms with van der Waals surface area (Å²) in [4.78, 5) is 24.5. The molecule has 1 N–H and O–H groups in total. The summed E-state index contributed by atoms with van der Waals surface area (Å²) in [7, 11) is 0. The molecule has 1 aromatic heterocycles. The molecule has 0 saturated carbocycles. The van der Waals surface area contributed by atoms with Gasteiger partial charge in [-0.1, -0.05) is 40.9 Å². The van der Waals surface area contributed by atoms with Crippen molar-refractivity contribution in [3.63, 3.8) is 0 Å². The number of nitrogens with zero attached hydrogens (tertiary/aromatic N) is 2. The van der Waals surface area contributed by atoms with Crippen LogP contribution in [-0.4, -0.2) is 34.6 Å². The van der Waals surface area contributed by atoms with E-state index in [9.17, 15) is 22.8 Å². The number of esters is 1. The number of aromatic nitrogens is 2. The summed E-state index contributed by atoms with van der Waals surface area (Å²) < 4.78 is 47.0. The molecule has 3 rings (SSSR count). The Morgan fingerprint density at radius 1 is 1.07 bits per heavy atom. The van der Waals surface area contributed by atoms with Gasteiger partial charge in [0, 0.05) is 11.1 Å². The average Bonchev–Trinajstić information content (AvgIpc) is 3.21. The molecule has 1 amide bonds. The van der Waals surface area contributed by atoms with E-state index < -0.39 is 23.6 Å². The fourth-order valence-corrected chi connectivity index (χ4v) is 3.00. The smallest absolute Gasteiger partial charge is 0.416 e. The van der Waals surface area contributed by atoms with Crippen molar-refractivity contribution in [1.29, 1.82) is 0 Å². The minimum absolute atomic E-state index is 0.0618. The summed E-state index contributed by atoms with van der Waals surface area (Å²) in [6, 6.07) is 13.0. The van der Waals surface area contributed by atoms with Crippen molar-refractivity contribution < 1.29 is 27.5 Å². The molecule has 0 fully saturated rings. The van der Waals surface area contributed by atoms with Gasteiger partial charge in [-0.2, -0.15) is 13.2 Å². The number of rotatable bonds is 6. The second kappa shape index (κ2) is 8.82. The zero-order chi connectivity index (χ0) is 20.9. The average molecular weight is 421 g/mol. The van der Waals surface area contributed by atoms with E-state index in [1.807, 2.05) is 6.07 Å². The molecule has 6 nitrogen and oxygen atoms in total. The molecule has 0 aliphatic heterocycles. The van der Waals surface area contributed by atoms with Gasteiger partial charge in [0.1, 0.15) is 12.3 Å². The first kappa shape index (κ1) is 20.5. The van der Waals surface area contributed by atoms with Crippen LogP contribution in [0.4, 0.5) is 13.2 Å². The Hall–Kier alpha value is -3.27. The fourth-order valence-electron chi connectivity index (χ4n) is 2.42. The highest BCUT2D eigenvalue weighted by Crippen LogP contribution is 2.29. The number of ether oxygens (including phenoxy) is 1. The van der Waals surface area contributed by atoms with E-state index in [1.165, 1.54) is 6.07 Å². The molecule has 150 valence electrons. The van der Waals surface area contributed by atoms with Gasteiger partial charge in [0.15, 0.2) is 4.88 Å². The van der Waals surface area contributed by atoms with Gasteiger partial charge in [-0.05, 0) is 29.7 Å². The molecular formula is C19H14F3N3O3S. The largest absolute Gasteiger partial charge is 0.460 e. The SMILES string of the molecule is O=C(NCCOC(=O)c1snnc1-c1ccccc1)c1cccc(C(F)(F)F)c1. The summed E-state index contributed by atoms with van der Waals surface area (Å²) in [6.45, 7) is -0.219. The molecule has 0 atom stereocenters. The van der Waals surface area contributed by atoms with Crippen molar-refractivity contribution >= 4 is 23.4 Å². The van der Waals surface area contributed by atoms with Gasteiger partial charge in [-0.25, -0.2) is 4.79 Å². The van der Waals surface area contributed by atoms with Gasteiger partial charge in [-0.15, -0.1) is 5.10 Å².